The van der Waals surface area contributed by atoms with Gasteiger partial charge in [-0.1, -0.05) is 12.1 Å². The molecule has 5 heteroatoms. The van der Waals surface area contributed by atoms with Gasteiger partial charge in [-0.05, 0) is 44.0 Å². The predicted molar refractivity (Wildman–Crippen MR) is 87.5 cm³/mol. The summed E-state index contributed by atoms with van der Waals surface area (Å²) in [4.78, 5) is 17.4. The molecule has 3 atom stereocenters. The molecular formula is C18H22N2O3. The van der Waals surface area contributed by atoms with Crippen LogP contribution in [0.5, 0.6) is 0 Å². The summed E-state index contributed by atoms with van der Waals surface area (Å²) in [5, 5.41) is 11.0. The van der Waals surface area contributed by atoms with Crippen LogP contribution in [0.1, 0.15) is 24.5 Å². The van der Waals surface area contributed by atoms with Gasteiger partial charge >= 0.3 is 5.97 Å². The Morgan fingerprint density at radius 1 is 1.48 bits per heavy atom. The lowest BCUT2D eigenvalue weighted by Crippen LogP contribution is -2.63. The average Bonchev–Trinajstić information content (AvgIpc) is 2.93. The maximum Gasteiger partial charge on any atom is 0.310 e. The van der Waals surface area contributed by atoms with Gasteiger partial charge in [-0.2, -0.15) is 0 Å². The van der Waals surface area contributed by atoms with E-state index in [1.54, 1.807) is 7.11 Å². The monoisotopic (exact) mass is 314 g/mol. The van der Waals surface area contributed by atoms with Crippen molar-refractivity contribution in [1.82, 2.24) is 9.88 Å². The highest BCUT2D eigenvalue weighted by Gasteiger charge is 2.57. The average molecular weight is 314 g/mol. The zero-order valence-electron chi connectivity index (χ0n) is 13.7. The first kappa shape index (κ1) is 14.7. The molecule has 1 aliphatic carbocycles. The van der Waals surface area contributed by atoms with Crippen LogP contribution in [0.3, 0.4) is 0 Å². The molecule has 1 fully saturated rings. The number of methoxy groups -OCH3 is 1. The molecule has 2 aliphatic rings. The van der Waals surface area contributed by atoms with Gasteiger partial charge in [0, 0.05) is 36.8 Å². The minimum absolute atomic E-state index is 0.147. The van der Waals surface area contributed by atoms with Crippen LogP contribution in [-0.2, 0) is 21.6 Å². The summed E-state index contributed by atoms with van der Waals surface area (Å²) in [5.74, 6) is -0.758. The summed E-state index contributed by atoms with van der Waals surface area (Å²) < 4.78 is 6.10. The van der Waals surface area contributed by atoms with Crippen molar-refractivity contribution in [2.75, 3.05) is 20.7 Å². The third kappa shape index (κ3) is 1.78. The van der Waals surface area contributed by atoms with Gasteiger partial charge in [-0.3, -0.25) is 9.69 Å². The molecule has 1 aromatic carbocycles. The molecule has 2 N–H and O–H groups in total. The molecule has 0 bridgehead atoms. The van der Waals surface area contributed by atoms with Crippen LogP contribution in [-0.4, -0.2) is 47.7 Å². The van der Waals surface area contributed by atoms with E-state index < -0.39 is 17.0 Å². The van der Waals surface area contributed by atoms with Gasteiger partial charge in [-0.15, -0.1) is 0 Å². The SMILES string of the molecule is CO[C@]12C[C@@](C)(C(=O)O)CN(C)[C@@H]1Cc1c[nH]c3cccc2c13. The third-order valence-corrected chi connectivity index (χ3v) is 5.86. The van der Waals surface area contributed by atoms with E-state index in [1.807, 2.05) is 20.0 Å². The van der Waals surface area contributed by atoms with Crippen LogP contribution in [0.15, 0.2) is 24.4 Å². The van der Waals surface area contributed by atoms with Crippen molar-refractivity contribution < 1.29 is 14.6 Å². The van der Waals surface area contributed by atoms with Crippen molar-refractivity contribution in [3.05, 3.63) is 35.5 Å². The van der Waals surface area contributed by atoms with Crippen molar-refractivity contribution in [1.29, 1.82) is 0 Å². The van der Waals surface area contributed by atoms with E-state index in [9.17, 15) is 9.90 Å². The highest BCUT2D eigenvalue weighted by Crippen LogP contribution is 2.52. The number of H-pyrrole nitrogens is 1. The number of likely N-dealkylation sites (tertiary alicyclic amines) is 1. The molecule has 1 aliphatic heterocycles. The maximum absolute atomic E-state index is 11.9. The lowest BCUT2D eigenvalue weighted by atomic mass is 9.64. The maximum atomic E-state index is 11.9. The fourth-order valence-electron chi connectivity index (χ4n) is 4.80. The van der Waals surface area contributed by atoms with E-state index in [0.717, 1.165) is 17.5 Å². The van der Waals surface area contributed by atoms with Crippen LogP contribution >= 0.6 is 0 Å². The van der Waals surface area contributed by atoms with Crippen LogP contribution in [0.4, 0.5) is 0 Å². The third-order valence-electron chi connectivity index (χ3n) is 5.86. The number of likely N-dealkylation sites (N-methyl/N-ethyl adjacent to an activating group) is 1. The minimum atomic E-state index is -0.822. The van der Waals surface area contributed by atoms with E-state index in [0.29, 0.717) is 13.0 Å². The van der Waals surface area contributed by atoms with Gasteiger partial charge in [0.15, 0.2) is 0 Å². The summed E-state index contributed by atoms with van der Waals surface area (Å²) >= 11 is 0. The van der Waals surface area contributed by atoms with E-state index in [4.69, 9.17) is 4.74 Å². The van der Waals surface area contributed by atoms with Gasteiger partial charge in [0.1, 0.15) is 5.60 Å². The van der Waals surface area contributed by atoms with Crippen molar-refractivity contribution in [2.45, 2.75) is 31.4 Å². The number of hydrogen-bond acceptors (Lipinski definition) is 3. The Morgan fingerprint density at radius 2 is 2.26 bits per heavy atom. The smallest absolute Gasteiger partial charge is 0.310 e. The molecule has 0 amide bonds. The number of nitrogens with zero attached hydrogens (tertiary/aromatic N) is 1. The number of nitrogens with one attached hydrogen (secondary N) is 1. The number of rotatable bonds is 2. The first-order chi connectivity index (χ1) is 10.9. The van der Waals surface area contributed by atoms with Crippen molar-refractivity contribution in [3.8, 4) is 0 Å². The molecule has 1 aromatic heterocycles. The largest absolute Gasteiger partial charge is 0.481 e. The molecule has 122 valence electrons. The fourth-order valence-corrected chi connectivity index (χ4v) is 4.80. The number of hydrogen-bond donors (Lipinski definition) is 2. The van der Waals surface area contributed by atoms with Crippen molar-refractivity contribution >= 4 is 16.9 Å². The number of aromatic amines is 1. The Morgan fingerprint density at radius 3 is 2.96 bits per heavy atom. The molecule has 1 saturated heterocycles. The second kappa shape index (κ2) is 4.58. The van der Waals surface area contributed by atoms with Gasteiger partial charge in [0.25, 0.3) is 0 Å². The Balaban J connectivity index is 1.98. The Labute approximate surface area is 135 Å². The number of carboxylic acid groups (broad SMARTS) is 1. The van der Waals surface area contributed by atoms with Crippen LogP contribution in [0.2, 0.25) is 0 Å². The number of piperidine rings is 1. The zero-order valence-corrected chi connectivity index (χ0v) is 13.7. The van der Waals surface area contributed by atoms with Crippen LogP contribution in [0.25, 0.3) is 10.9 Å². The minimum Gasteiger partial charge on any atom is -0.481 e. The second-order valence-electron chi connectivity index (χ2n) is 7.31. The standard InChI is InChI=1S/C18H22N2O3/c1-17(16(21)22)9-18(23-3)12-5-4-6-13-15(12)11(8-19-13)7-14(18)20(2)10-17/h4-6,8,14,19H,7,9-10H2,1-3H3,(H,21,22)/t14-,17-,18+/m1/s1. The van der Waals surface area contributed by atoms with Gasteiger partial charge in [-0.25, -0.2) is 0 Å². The molecular weight excluding hydrogens is 292 g/mol. The number of carbonyl (C=O) groups is 1. The molecule has 23 heavy (non-hydrogen) atoms. The lowest BCUT2D eigenvalue weighted by Gasteiger charge is -2.55. The summed E-state index contributed by atoms with van der Waals surface area (Å²) in [6.07, 6.45) is 3.44. The number of ether oxygens (including phenoxy) is 1. The molecule has 0 radical (unpaired) electrons. The Bertz CT molecular complexity index is 799. The first-order valence-corrected chi connectivity index (χ1v) is 7.99. The van der Waals surface area contributed by atoms with E-state index in [2.05, 4.69) is 28.2 Å². The number of carboxylic acids is 1. The van der Waals surface area contributed by atoms with Gasteiger partial charge in [0.05, 0.1) is 5.41 Å². The summed E-state index contributed by atoms with van der Waals surface area (Å²) in [6.45, 7) is 2.36. The van der Waals surface area contributed by atoms with Crippen LogP contribution < -0.4 is 0 Å². The number of aromatic nitrogens is 1. The summed E-state index contributed by atoms with van der Waals surface area (Å²) in [5.41, 5.74) is 2.09. The highest BCUT2D eigenvalue weighted by atomic mass is 16.5. The Hall–Kier alpha value is -1.85. The molecule has 0 saturated carbocycles. The molecule has 0 unspecified atom stereocenters. The zero-order chi connectivity index (χ0) is 16.4. The quantitative estimate of drug-likeness (QED) is 0.893. The highest BCUT2D eigenvalue weighted by molar-refractivity contribution is 5.89. The normalized spacial score (nSPS) is 33.6. The Kier molecular flexibility index (Phi) is 2.93. The lowest BCUT2D eigenvalue weighted by molar-refractivity contribution is -0.176. The number of aliphatic carboxylic acids is 1. The van der Waals surface area contributed by atoms with E-state index >= 15 is 0 Å². The summed E-state index contributed by atoms with van der Waals surface area (Å²) in [6, 6.07) is 6.33. The topological polar surface area (TPSA) is 65.6 Å². The number of benzene rings is 1. The van der Waals surface area contributed by atoms with E-state index in [1.165, 1.54) is 10.9 Å². The first-order valence-electron chi connectivity index (χ1n) is 7.99. The molecule has 0 spiro atoms. The van der Waals surface area contributed by atoms with Gasteiger partial charge < -0.3 is 14.8 Å². The fraction of sp³-hybridized carbons (Fsp3) is 0.500. The molecule has 2 aromatic rings. The summed E-state index contributed by atoms with van der Waals surface area (Å²) in [7, 11) is 3.72. The molecule has 5 nitrogen and oxygen atoms in total. The molecule has 2 heterocycles. The van der Waals surface area contributed by atoms with Crippen molar-refractivity contribution in [2.24, 2.45) is 5.41 Å². The predicted octanol–water partition coefficient (Wildman–Crippen LogP) is 2.36. The second-order valence-corrected chi connectivity index (χ2v) is 7.31. The molecule has 4 rings (SSSR count). The number of fused-ring (bicyclic) bond motifs is 2. The van der Waals surface area contributed by atoms with Crippen molar-refractivity contribution in [3.63, 3.8) is 0 Å². The van der Waals surface area contributed by atoms with Gasteiger partial charge in [0.2, 0.25) is 0 Å². The van der Waals surface area contributed by atoms with E-state index in [-0.39, 0.29) is 6.04 Å². The van der Waals surface area contributed by atoms with Crippen LogP contribution in [0, 0.1) is 5.41 Å².